The third kappa shape index (κ3) is 6.22. The minimum absolute atomic E-state index is 0.0641. The molecular formula is C21H19F2N5O2S. The maximum Gasteiger partial charge on any atom is 0.251 e. The van der Waals surface area contributed by atoms with Crippen LogP contribution in [-0.2, 0) is 17.9 Å². The number of thioether (sulfide) groups is 1. The monoisotopic (exact) mass is 443 g/mol. The number of amides is 2. The number of aromatic nitrogens is 3. The smallest absolute Gasteiger partial charge is 0.251 e. The second kappa shape index (κ2) is 10.5. The lowest BCUT2D eigenvalue weighted by Crippen LogP contribution is -2.25. The van der Waals surface area contributed by atoms with E-state index in [1.165, 1.54) is 60.3 Å². The number of allylic oxidation sites excluding steroid dienone is 1. The Morgan fingerprint density at radius 1 is 1.03 bits per heavy atom. The number of benzene rings is 2. The lowest BCUT2D eigenvalue weighted by molar-refractivity contribution is -0.113. The summed E-state index contributed by atoms with van der Waals surface area (Å²) in [5.41, 5.74) is 0.812. The summed E-state index contributed by atoms with van der Waals surface area (Å²) in [7, 11) is 0. The molecule has 2 aromatic carbocycles. The van der Waals surface area contributed by atoms with Crippen LogP contribution in [0, 0.1) is 11.6 Å². The van der Waals surface area contributed by atoms with Gasteiger partial charge in [-0.15, -0.1) is 16.8 Å². The van der Waals surface area contributed by atoms with E-state index in [-0.39, 0.29) is 29.9 Å². The van der Waals surface area contributed by atoms with Crippen LogP contribution >= 0.6 is 11.8 Å². The van der Waals surface area contributed by atoms with E-state index in [9.17, 15) is 18.4 Å². The Hall–Kier alpha value is -3.53. The molecule has 160 valence electrons. The fourth-order valence-electron chi connectivity index (χ4n) is 2.59. The molecule has 0 aliphatic rings. The summed E-state index contributed by atoms with van der Waals surface area (Å²) < 4.78 is 27.7. The van der Waals surface area contributed by atoms with Gasteiger partial charge in [-0.05, 0) is 48.5 Å². The molecule has 1 heterocycles. The van der Waals surface area contributed by atoms with Crippen LogP contribution in [-0.4, -0.2) is 32.3 Å². The van der Waals surface area contributed by atoms with E-state index < -0.39 is 5.82 Å². The second-order valence-corrected chi connectivity index (χ2v) is 7.27. The quantitative estimate of drug-likeness (QED) is 0.391. The van der Waals surface area contributed by atoms with E-state index in [4.69, 9.17) is 0 Å². The first-order valence-electron chi connectivity index (χ1n) is 9.21. The Morgan fingerprint density at radius 2 is 1.68 bits per heavy atom. The normalized spacial score (nSPS) is 10.5. The highest BCUT2D eigenvalue weighted by molar-refractivity contribution is 7.99. The number of rotatable bonds is 9. The van der Waals surface area contributed by atoms with E-state index in [1.807, 2.05) is 0 Å². The van der Waals surface area contributed by atoms with Gasteiger partial charge in [-0.25, -0.2) is 8.78 Å². The molecule has 0 saturated carbocycles. The Labute approximate surface area is 181 Å². The van der Waals surface area contributed by atoms with Crippen molar-refractivity contribution >= 4 is 29.3 Å². The largest absolute Gasteiger partial charge is 0.345 e. The van der Waals surface area contributed by atoms with E-state index in [0.29, 0.717) is 28.8 Å². The molecule has 0 atom stereocenters. The molecule has 2 amide bonds. The predicted octanol–water partition coefficient (Wildman–Crippen LogP) is 3.40. The van der Waals surface area contributed by atoms with Crippen LogP contribution in [0.5, 0.6) is 0 Å². The maximum absolute atomic E-state index is 13.0. The Kier molecular flexibility index (Phi) is 7.50. The van der Waals surface area contributed by atoms with Crippen molar-refractivity contribution in [3.8, 4) is 0 Å². The molecule has 3 aromatic rings. The molecule has 31 heavy (non-hydrogen) atoms. The van der Waals surface area contributed by atoms with Gasteiger partial charge in [-0.2, -0.15) is 0 Å². The Balaban J connectivity index is 1.59. The van der Waals surface area contributed by atoms with Gasteiger partial charge in [0.15, 0.2) is 11.0 Å². The molecule has 3 rings (SSSR count). The van der Waals surface area contributed by atoms with Crippen LogP contribution in [0.2, 0.25) is 0 Å². The van der Waals surface area contributed by atoms with Crippen LogP contribution in [0.1, 0.15) is 16.2 Å². The van der Waals surface area contributed by atoms with Crippen molar-refractivity contribution in [3.05, 3.63) is 84.2 Å². The van der Waals surface area contributed by atoms with Gasteiger partial charge in [0.05, 0.1) is 12.3 Å². The molecule has 0 fully saturated rings. The van der Waals surface area contributed by atoms with E-state index in [1.54, 1.807) is 10.6 Å². The first-order chi connectivity index (χ1) is 15.0. The zero-order chi connectivity index (χ0) is 22.2. The number of halogens is 2. The molecule has 0 aliphatic heterocycles. The highest BCUT2D eigenvalue weighted by Gasteiger charge is 2.15. The minimum atomic E-state index is -0.424. The average Bonchev–Trinajstić information content (AvgIpc) is 3.14. The minimum Gasteiger partial charge on any atom is -0.345 e. The number of carbonyl (C=O) groups is 2. The lowest BCUT2D eigenvalue weighted by Gasteiger charge is -2.09. The van der Waals surface area contributed by atoms with Crippen LogP contribution in [0.3, 0.4) is 0 Å². The highest BCUT2D eigenvalue weighted by atomic mass is 32.2. The number of nitrogens with zero attached hydrogens (tertiary/aromatic N) is 3. The summed E-state index contributed by atoms with van der Waals surface area (Å²) in [6, 6.07) is 10.7. The zero-order valence-corrected chi connectivity index (χ0v) is 17.2. The molecule has 0 spiro atoms. The van der Waals surface area contributed by atoms with Crippen molar-refractivity contribution in [1.29, 1.82) is 0 Å². The Morgan fingerprint density at radius 3 is 2.32 bits per heavy atom. The van der Waals surface area contributed by atoms with Gasteiger partial charge < -0.3 is 15.2 Å². The summed E-state index contributed by atoms with van der Waals surface area (Å²) >= 11 is 1.17. The number of hydrogen-bond acceptors (Lipinski definition) is 5. The van der Waals surface area contributed by atoms with Crippen LogP contribution < -0.4 is 10.6 Å². The summed E-state index contributed by atoms with van der Waals surface area (Å²) in [5, 5.41) is 14.0. The van der Waals surface area contributed by atoms with Gasteiger partial charge in [-0.3, -0.25) is 9.59 Å². The van der Waals surface area contributed by atoms with Crippen molar-refractivity contribution in [3.63, 3.8) is 0 Å². The van der Waals surface area contributed by atoms with Gasteiger partial charge >= 0.3 is 0 Å². The van der Waals surface area contributed by atoms with Crippen LogP contribution in [0.25, 0.3) is 0 Å². The van der Waals surface area contributed by atoms with Gasteiger partial charge in [0, 0.05) is 17.8 Å². The third-order valence-electron chi connectivity index (χ3n) is 4.08. The molecule has 0 bridgehead atoms. The molecule has 10 heteroatoms. The van der Waals surface area contributed by atoms with Crippen molar-refractivity contribution in [2.75, 3.05) is 11.1 Å². The molecule has 0 radical (unpaired) electrons. The molecule has 1 aromatic heterocycles. The molecule has 0 unspecified atom stereocenters. The topological polar surface area (TPSA) is 88.9 Å². The lowest BCUT2D eigenvalue weighted by atomic mass is 10.2. The number of hydrogen-bond donors (Lipinski definition) is 2. The summed E-state index contributed by atoms with van der Waals surface area (Å²) in [6.07, 6.45) is 1.65. The van der Waals surface area contributed by atoms with Gasteiger partial charge in [0.2, 0.25) is 5.91 Å². The third-order valence-corrected chi connectivity index (χ3v) is 5.05. The first-order valence-corrected chi connectivity index (χ1v) is 10.2. The summed E-state index contributed by atoms with van der Waals surface area (Å²) in [5.74, 6) is -0.917. The maximum atomic E-state index is 13.0. The van der Waals surface area contributed by atoms with Crippen molar-refractivity contribution in [2.45, 2.75) is 18.2 Å². The fourth-order valence-corrected chi connectivity index (χ4v) is 3.36. The fraction of sp³-hybridized carbons (Fsp3) is 0.143. The van der Waals surface area contributed by atoms with E-state index >= 15 is 0 Å². The molecule has 7 nitrogen and oxygen atoms in total. The highest BCUT2D eigenvalue weighted by Crippen LogP contribution is 2.18. The average molecular weight is 443 g/mol. The number of anilines is 1. The SMILES string of the molecule is C=CCn1c(CNC(=O)c2ccc(F)cc2)nnc1SCC(=O)Nc1ccc(F)cc1. The van der Waals surface area contributed by atoms with Gasteiger partial charge in [0.1, 0.15) is 11.6 Å². The summed E-state index contributed by atoms with van der Waals surface area (Å²) in [4.78, 5) is 24.4. The number of nitrogens with one attached hydrogen (secondary N) is 2. The van der Waals surface area contributed by atoms with Gasteiger partial charge in [-0.1, -0.05) is 17.8 Å². The molecular weight excluding hydrogens is 424 g/mol. The second-order valence-electron chi connectivity index (χ2n) is 6.33. The van der Waals surface area contributed by atoms with Gasteiger partial charge in [0.25, 0.3) is 5.91 Å². The van der Waals surface area contributed by atoms with Crippen molar-refractivity contribution in [1.82, 2.24) is 20.1 Å². The van der Waals surface area contributed by atoms with Crippen molar-refractivity contribution in [2.24, 2.45) is 0 Å². The summed E-state index contributed by atoms with van der Waals surface area (Å²) in [6.45, 7) is 4.19. The van der Waals surface area contributed by atoms with Crippen LogP contribution in [0.15, 0.2) is 66.3 Å². The zero-order valence-electron chi connectivity index (χ0n) is 16.3. The van der Waals surface area contributed by atoms with Crippen LogP contribution in [0.4, 0.5) is 14.5 Å². The number of carbonyl (C=O) groups excluding carboxylic acids is 2. The predicted molar refractivity (Wildman–Crippen MR) is 114 cm³/mol. The Bertz CT molecular complexity index is 1070. The standard InChI is InChI=1S/C21H19F2N5O2S/c1-2-11-28-18(12-24-20(30)14-3-5-15(22)6-4-14)26-27-21(28)31-13-19(29)25-17-9-7-16(23)8-10-17/h2-10H,1,11-13H2,(H,24,30)(H,25,29). The molecule has 0 saturated heterocycles. The first kappa shape index (κ1) is 22.2. The molecule has 2 N–H and O–H groups in total. The van der Waals surface area contributed by atoms with E-state index in [0.717, 1.165) is 0 Å². The molecule has 0 aliphatic carbocycles. The van der Waals surface area contributed by atoms with Crippen molar-refractivity contribution < 1.29 is 18.4 Å². The van der Waals surface area contributed by atoms with E-state index in [2.05, 4.69) is 27.4 Å².